The molecule has 0 saturated carbocycles. The Morgan fingerprint density at radius 1 is 1.08 bits per heavy atom. The van der Waals surface area contributed by atoms with Crippen LogP contribution in [0, 0.1) is 11.7 Å². The van der Waals surface area contributed by atoms with Gasteiger partial charge in [0.1, 0.15) is 17.4 Å². The number of halogens is 1. The second-order valence-electron chi connectivity index (χ2n) is 10.1. The smallest absolute Gasteiger partial charge is 0.163 e. The van der Waals surface area contributed by atoms with Crippen LogP contribution in [0.2, 0.25) is 0 Å². The fraction of sp³-hybridized carbons (Fsp3) is 0.394. The zero-order valence-corrected chi connectivity index (χ0v) is 24.0. The first kappa shape index (κ1) is 30.0. The van der Waals surface area contributed by atoms with Crippen LogP contribution in [0.1, 0.15) is 69.3 Å². The summed E-state index contributed by atoms with van der Waals surface area (Å²) in [7, 11) is 1.65. The molecular weight excluding hydrogens is 489 g/mol. The molecule has 1 aromatic heterocycles. The number of ether oxygens (including phenoxy) is 1. The van der Waals surface area contributed by atoms with E-state index in [2.05, 4.69) is 36.0 Å². The number of carbonyl (C=O) groups excluding carboxylic acids is 1. The molecule has 0 bridgehead atoms. The maximum atomic E-state index is 14.5. The average molecular weight is 532 g/mol. The molecular formula is C33H42FN3O2. The van der Waals surface area contributed by atoms with Gasteiger partial charge < -0.3 is 15.0 Å². The zero-order valence-electron chi connectivity index (χ0n) is 24.0. The number of allylic oxidation sites excluding steroid dienone is 1. The van der Waals surface area contributed by atoms with Gasteiger partial charge in [-0.15, -0.1) is 0 Å². The quantitative estimate of drug-likeness (QED) is 0.201. The van der Waals surface area contributed by atoms with Crippen LogP contribution in [0.5, 0.6) is 5.75 Å². The van der Waals surface area contributed by atoms with E-state index < -0.39 is 5.82 Å². The molecule has 39 heavy (non-hydrogen) atoms. The van der Waals surface area contributed by atoms with E-state index in [1.54, 1.807) is 19.4 Å². The van der Waals surface area contributed by atoms with Crippen molar-refractivity contribution in [1.29, 1.82) is 0 Å². The van der Waals surface area contributed by atoms with Crippen molar-refractivity contribution in [3.05, 3.63) is 83.9 Å². The summed E-state index contributed by atoms with van der Waals surface area (Å²) in [5.74, 6) is 1.47. The number of aromatic nitrogens is 1. The second kappa shape index (κ2) is 15.2. The van der Waals surface area contributed by atoms with Gasteiger partial charge in [-0.05, 0) is 99.3 Å². The first-order valence-corrected chi connectivity index (χ1v) is 13.9. The summed E-state index contributed by atoms with van der Waals surface area (Å²) in [6.45, 7) is 11.8. The number of Topliss-reactive ketones (excluding diaryl/α,β-unsaturated/α-hetero) is 1. The molecule has 208 valence electrons. The van der Waals surface area contributed by atoms with E-state index in [-0.39, 0.29) is 5.78 Å². The summed E-state index contributed by atoms with van der Waals surface area (Å²) in [6.07, 6.45) is 7.01. The number of hydrogen-bond donors (Lipinski definition) is 1. The van der Waals surface area contributed by atoms with E-state index >= 15 is 0 Å². The topological polar surface area (TPSA) is 54.5 Å². The molecule has 0 aliphatic carbocycles. The lowest BCUT2D eigenvalue weighted by Gasteiger charge is -2.21. The molecule has 1 unspecified atom stereocenters. The third kappa shape index (κ3) is 9.03. The Balaban J connectivity index is 1.62. The Morgan fingerprint density at radius 3 is 2.56 bits per heavy atom. The van der Waals surface area contributed by atoms with Crippen molar-refractivity contribution in [2.24, 2.45) is 5.92 Å². The molecule has 1 heterocycles. The van der Waals surface area contributed by atoms with Crippen LogP contribution in [-0.4, -0.2) is 42.4 Å². The van der Waals surface area contributed by atoms with Crippen molar-refractivity contribution in [3.63, 3.8) is 0 Å². The summed E-state index contributed by atoms with van der Waals surface area (Å²) < 4.78 is 19.9. The number of anilines is 1. The third-order valence-corrected chi connectivity index (χ3v) is 7.07. The molecule has 1 N–H and O–H groups in total. The molecule has 5 nitrogen and oxygen atoms in total. The van der Waals surface area contributed by atoms with E-state index in [4.69, 9.17) is 4.74 Å². The monoisotopic (exact) mass is 531 g/mol. The number of ketones is 1. The number of carbonyl (C=O) groups is 1. The summed E-state index contributed by atoms with van der Waals surface area (Å²) in [5, 5.41) is 3.21. The van der Waals surface area contributed by atoms with E-state index in [1.807, 2.05) is 49.5 Å². The Morgan fingerprint density at radius 2 is 1.87 bits per heavy atom. The molecule has 0 fully saturated rings. The highest BCUT2D eigenvalue weighted by Gasteiger charge is 2.13. The highest BCUT2D eigenvalue weighted by molar-refractivity contribution is 5.97. The maximum Gasteiger partial charge on any atom is 0.163 e. The van der Waals surface area contributed by atoms with Gasteiger partial charge in [0, 0.05) is 35.5 Å². The van der Waals surface area contributed by atoms with Crippen LogP contribution >= 0.6 is 0 Å². The highest BCUT2D eigenvalue weighted by atomic mass is 19.1. The molecule has 1 atom stereocenters. The first-order chi connectivity index (χ1) is 18.8. The predicted octanol–water partition coefficient (Wildman–Crippen LogP) is 8.09. The summed E-state index contributed by atoms with van der Waals surface area (Å²) in [6, 6.07) is 16.1. The largest absolute Gasteiger partial charge is 0.496 e. The van der Waals surface area contributed by atoms with E-state index in [9.17, 15) is 9.18 Å². The first-order valence-electron chi connectivity index (χ1n) is 13.9. The van der Waals surface area contributed by atoms with E-state index in [0.717, 1.165) is 61.3 Å². The van der Waals surface area contributed by atoms with Crippen LogP contribution < -0.4 is 10.1 Å². The van der Waals surface area contributed by atoms with Crippen LogP contribution in [0.25, 0.3) is 16.7 Å². The van der Waals surface area contributed by atoms with Gasteiger partial charge in [0.15, 0.2) is 5.78 Å². The minimum absolute atomic E-state index is 0.0216. The maximum absolute atomic E-state index is 14.5. The lowest BCUT2D eigenvalue weighted by Crippen LogP contribution is -2.26. The van der Waals surface area contributed by atoms with Gasteiger partial charge in [-0.3, -0.25) is 4.79 Å². The van der Waals surface area contributed by atoms with Gasteiger partial charge in [-0.2, -0.15) is 0 Å². The average Bonchev–Trinajstić information content (AvgIpc) is 2.96. The second-order valence-corrected chi connectivity index (χ2v) is 10.1. The normalized spacial score (nSPS) is 12.4. The molecule has 3 rings (SSSR count). The zero-order chi connectivity index (χ0) is 28.2. The molecule has 0 aliphatic rings. The van der Waals surface area contributed by atoms with Crippen molar-refractivity contribution in [2.75, 3.05) is 32.1 Å². The number of methoxy groups -OCH3 is 1. The minimum Gasteiger partial charge on any atom is -0.496 e. The van der Waals surface area contributed by atoms with Gasteiger partial charge in [0.05, 0.1) is 7.11 Å². The molecule has 3 aromatic rings. The predicted molar refractivity (Wildman–Crippen MR) is 160 cm³/mol. The minimum atomic E-state index is -0.417. The molecule has 0 radical (unpaired) electrons. The van der Waals surface area contributed by atoms with Gasteiger partial charge in [0.25, 0.3) is 0 Å². The van der Waals surface area contributed by atoms with Crippen molar-refractivity contribution in [1.82, 2.24) is 9.88 Å². The fourth-order valence-corrected chi connectivity index (χ4v) is 4.61. The van der Waals surface area contributed by atoms with Crippen molar-refractivity contribution in [2.45, 2.75) is 53.4 Å². The Labute approximate surface area is 233 Å². The number of nitrogens with one attached hydrogen (secondary N) is 1. The summed E-state index contributed by atoms with van der Waals surface area (Å²) >= 11 is 0. The van der Waals surface area contributed by atoms with Crippen molar-refractivity contribution < 1.29 is 13.9 Å². The van der Waals surface area contributed by atoms with Gasteiger partial charge in [-0.25, -0.2) is 9.37 Å². The molecule has 0 saturated heterocycles. The standard InChI is InChI=1S/C33H42FN3O2/c1-6-17-37(7-2)18-16-24(3)12-14-31(38)28-19-27(20-29(34)21-28)26-13-15-33(36-23-26)35-22-25(4)30-10-8-9-11-32(30)39-5/h8-11,13,15,19-24H,6-7,12,14,16-18H2,1-5H3,(H,35,36)/b25-22+. The van der Waals surface area contributed by atoms with Gasteiger partial charge in [0.2, 0.25) is 0 Å². The van der Waals surface area contributed by atoms with Crippen LogP contribution in [-0.2, 0) is 0 Å². The number of nitrogens with zero attached hydrogens (tertiary/aromatic N) is 2. The Hall–Kier alpha value is -3.51. The number of hydrogen-bond acceptors (Lipinski definition) is 5. The van der Waals surface area contributed by atoms with Crippen molar-refractivity contribution in [3.8, 4) is 16.9 Å². The molecule has 6 heteroatoms. The molecule has 2 aromatic carbocycles. The lowest BCUT2D eigenvalue weighted by molar-refractivity contribution is 0.0972. The van der Waals surface area contributed by atoms with Crippen LogP contribution in [0.3, 0.4) is 0 Å². The summed E-state index contributed by atoms with van der Waals surface area (Å²) in [5.41, 5.74) is 3.81. The molecule has 0 amide bonds. The fourth-order valence-electron chi connectivity index (χ4n) is 4.61. The Kier molecular flexibility index (Phi) is 11.7. The molecule has 0 aliphatic heterocycles. The highest BCUT2D eigenvalue weighted by Crippen LogP contribution is 2.26. The van der Waals surface area contributed by atoms with E-state index in [0.29, 0.717) is 29.3 Å². The van der Waals surface area contributed by atoms with Crippen molar-refractivity contribution >= 4 is 17.2 Å². The van der Waals surface area contributed by atoms with Gasteiger partial charge >= 0.3 is 0 Å². The number of benzene rings is 2. The molecule has 0 spiro atoms. The third-order valence-electron chi connectivity index (χ3n) is 7.07. The van der Waals surface area contributed by atoms with E-state index in [1.165, 1.54) is 12.1 Å². The SMILES string of the molecule is CCCN(CC)CCC(C)CCC(=O)c1cc(F)cc(-c2ccc(N/C=C(\C)c3ccccc3OC)nc2)c1. The lowest BCUT2D eigenvalue weighted by atomic mass is 9.95. The van der Waals surface area contributed by atoms with Crippen LogP contribution in [0.15, 0.2) is 67.0 Å². The van der Waals surface area contributed by atoms with Gasteiger partial charge in [-0.1, -0.05) is 39.0 Å². The number of rotatable bonds is 15. The number of para-hydroxylation sites is 1. The Bertz CT molecular complexity index is 1240. The number of pyridine rings is 1. The van der Waals surface area contributed by atoms with Crippen LogP contribution in [0.4, 0.5) is 10.2 Å². The summed E-state index contributed by atoms with van der Waals surface area (Å²) in [4.78, 5) is 19.9.